The SMILES string of the molecule is CC/C=C\CC(C)c1ccc(Oc2ccccc2)cc1C. The van der Waals surface area contributed by atoms with Crippen LogP contribution in [0.4, 0.5) is 0 Å². The number of hydrogen-bond acceptors (Lipinski definition) is 1. The van der Waals surface area contributed by atoms with E-state index in [2.05, 4.69) is 51.1 Å². The highest BCUT2D eigenvalue weighted by Gasteiger charge is 2.08. The maximum Gasteiger partial charge on any atom is 0.127 e. The Kier molecular flexibility index (Phi) is 5.62. The number of rotatable bonds is 6. The van der Waals surface area contributed by atoms with E-state index in [0.29, 0.717) is 5.92 Å². The lowest BCUT2D eigenvalue weighted by atomic mass is 9.93. The van der Waals surface area contributed by atoms with E-state index in [1.165, 1.54) is 11.1 Å². The zero-order chi connectivity index (χ0) is 15.1. The van der Waals surface area contributed by atoms with Crippen molar-refractivity contribution in [3.63, 3.8) is 0 Å². The van der Waals surface area contributed by atoms with Crippen molar-refractivity contribution >= 4 is 0 Å². The smallest absolute Gasteiger partial charge is 0.127 e. The molecule has 0 amide bonds. The normalized spacial score (nSPS) is 12.5. The van der Waals surface area contributed by atoms with Gasteiger partial charge in [-0.1, -0.05) is 50.3 Å². The zero-order valence-electron chi connectivity index (χ0n) is 13.2. The third-order valence-corrected chi connectivity index (χ3v) is 3.64. The molecule has 110 valence electrons. The maximum atomic E-state index is 5.88. The van der Waals surface area contributed by atoms with Gasteiger partial charge in [0.15, 0.2) is 0 Å². The van der Waals surface area contributed by atoms with Crippen LogP contribution in [0.3, 0.4) is 0 Å². The molecule has 0 radical (unpaired) electrons. The van der Waals surface area contributed by atoms with Gasteiger partial charge in [0.25, 0.3) is 0 Å². The molecule has 0 spiro atoms. The fourth-order valence-corrected chi connectivity index (χ4v) is 2.48. The van der Waals surface area contributed by atoms with E-state index in [-0.39, 0.29) is 0 Å². The number of allylic oxidation sites excluding steroid dienone is 2. The first-order valence-corrected chi connectivity index (χ1v) is 7.69. The quantitative estimate of drug-likeness (QED) is 0.568. The molecule has 1 heteroatoms. The molecule has 0 N–H and O–H groups in total. The Bertz CT molecular complexity index is 584. The minimum absolute atomic E-state index is 0.540. The average Bonchev–Trinajstić information content (AvgIpc) is 2.48. The van der Waals surface area contributed by atoms with Crippen LogP contribution in [-0.2, 0) is 0 Å². The van der Waals surface area contributed by atoms with Gasteiger partial charge in [0.1, 0.15) is 11.5 Å². The van der Waals surface area contributed by atoms with Crippen molar-refractivity contribution in [3.05, 3.63) is 71.8 Å². The van der Waals surface area contributed by atoms with E-state index in [1.54, 1.807) is 0 Å². The van der Waals surface area contributed by atoms with Gasteiger partial charge in [-0.25, -0.2) is 0 Å². The van der Waals surface area contributed by atoms with Crippen LogP contribution in [0.2, 0.25) is 0 Å². The van der Waals surface area contributed by atoms with Gasteiger partial charge in [0.05, 0.1) is 0 Å². The minimum atomic E-state index is 0.540. The summed E-state index contributed by atoms with van der Waals surface area (Å²) in [4.78, 5) is 0. The van der Waals surface area contributed by atoms with Crippen LogP contribution >= 0.6 is 0 Å². The second-order valence-electron chi connectivity index (χ2n) is 5.45. The molecule has 0 heterocycles. The van der Waals surface area contributed by atoms with Gasteiger partial charge in [-0.05, 0) is 61.1 Å². The van der Waals surface area contributed by atoms with Crippen LogP contribution < -0.4 is 4.74 Å². The average molecular weight is 280 g/mol. The van der Waals surface area contributed by atoms with Gasteiger partial charge in [-0.15, -0.1) is 0 Å². The molecule has 0 aliphatic heterocycles. The van der Waals surface area contributed by atoms with Gasteiger partial charge in [-0.3, -0.25) is 0 Å². The van der Waals surface area contributed by atoms with E-state index in [4.69, 9.17) is 4.74 Å². The second-order valence-corrected chi connectivity index (χ2v) is 5.45. The van der Waals surface area contributed by atoms with Crippen LogP contribution in [0.15, 0.2) is 60.7 Å². The largest absolute Gasteiger partial charge is 0.457 e. The van der Waals surface area contributed by atoms with Crippen molar-refractivity contribution in [2.24, 2.45) is 0 Å². The third-order valence-electron chi connectivity index (χ3n) is 3.64. The second kappa shape index (κ2) is 7.68. The fraction of sp³-hybridized carbons (Fsp3) is 0.300. The van der Waals surface area contributed by atoms with Crippen molar-refractivity contribution in [2.45, 2.75) is 39.5 Å². The molecule has 0 aromatic heterocycles. The van der Waals surface area contributed by atoms with Crippen molar-refractivity contribution in [2.75, 3.05) is 0 Å². The predicted molar refractivity (Wildman–Crippen MR) is 90.2 cm³/mol. The maximum absolute atomic E-state index is 5.88. The standard InChI is InChI=1S/C20H24O/c1-4-5-7-10-16(2)20-14-13-19(15-17(20)3)21-18-11-8-6-9-12-18/h5-9,11-16H,4,10H2,1-3H3/b7-5-. The van der Waals surface area contributed by atoms with Crippen LogP contribution in [0, 0.1) is 6.92 Å². The summed E-state index contributed by atoms with van der Waals surface area (Å²) in [6.07, 6.45) is 6.71. The summed E-state index contributed by atoms with van der Waals surface area (Å²) in [6.45, 7) is 6.61. The number of hydrogen-bond donors (Lipinski definition) is 0. The Morgan fingerprint density at radius 1 is 1.00 bits per heavy atom. The highest BCUT2D eigenvalue weighted by Crippen LogP contribution is 2.28. The van der Waals surface area contributed by atoms with Crippen molar-refractivity contribution in [1.29, 1.82) is 0 Å². The lowest BCUT2D eigenvalue weighted by Gasteiger charge is -2.14. The molecule has 0 saturated heterocycles. The summed E-state index contributed by atoms with van der Waals surface area (Å²) in [5.74, 6) is 2.32. The topological polar surface area (TPSA) is 9.23 Å². The fourth-order valence-electron chi connectivity index (χ4n) is 2.48. The van der Waals surface area contributed by atoms with Gasteiger partial charge >= 0.3 is 0 Å². The zero-order valence-corrected chi connectivity index (χ0v) is 13.2. The molecule has 0 saturated carbocycles. The predicted octanol–water partition coefficient (Wildman–Crippen LogP) is 6.25. The Morgan fingerprint density at radius 3 is 2.43 bits per heavy atom. The van der Waals surface area contributed by atoms with Gasteiger partial charge in [-0.2, -0.15) is 0 Å². The molecule has 1 nitrogen and oxygen atoms in total. The lowest BCUT2D eigenvalue weighted by molar-refractivity contribution is 0.482. The molecule has 2 rings (SSSR count). The molecular formula is C20H24O. The van der Waals surface area contributed by atoms with E-state index >= 15 is 0 Å². The number of ether oxygens (including phenoxy) is 1. The molecule has 21 heavy (non-hydrogen) atoms. The number of aryl methyl sites for hydroxylation is 1. The molecule has 0 bridgehead atoms. The third kappa shape index (κ3) is 4.49. The van der Waals surface area contributed by atoms with E-state index in [0.717, 1.165) is 24.3 Å². The lowest BCUT2D eigenvalue weighted by Crippen LogP contribution is -1.96. The monoisotopic (exact) mass is 280 g/mol. The summed E-state index contributed by atoms with van der Waals surface area (Å²) in [5.41, 5.74) is 2.69. The summed E-state index contributed by atoms with van der Waals surface area (Å²) >= 11 is 0. The van der Waals surface area contributed by atoms with Crippen molar-refractivity contribution in [3.8, 4) is 11.5 Å². The molecule has 2 aromatic rings. The van der Waals surface area contributed by atoms with Crippen LogP contribution in [0.1, 0.15) is 43.7 Å². The molecule has 0 fully saturated rings. The first kappa shape index (κ1) is 15.4. The van der Waals surface area contributed by atoms with Gasteiger partial charge in [0.2, 0.25) is 0 Å². The summed E-state index contributed by atoms with van der Waals surface area (Å²) < 4.78 is 5.88. The highest BCUT2D eigenvalue weighted by molar-refractivity contribution is 5.39. The first-order chi connectivity index (χ1) is 10.2. The first-order valence-electron chi connectivity index (χ1n) is 7.69. The summed E-state index contributed by atoms with van der Waals surface area (Å²) in [7, 11) is 0. The van der Waals surface area contributed by atoms with Crippen LogP contribution in [0.5, 0.6) is 11.5 Å². The summed E-state index contributed by atoms with van der Waals surface area (Å²) in [5, 5.41) is 0. The minimum Gasteiger partial charge on any atom is -0.457 e. The van der Waals surface area contributed by atoms with E-state index < -0.39 is 0 Å². The molecule has 1 atom stereocenters. The summed E-state index contributed by atoms with van der Waals surface area (Å²) in [6, 6.07) is 16.3. The highest BCUT2D eigenvalue weighted by atomic mass is 16.5. The van der Waals surface area contributed by atoms with E-state index in [1.807, 2.05) is 30.3 Å². The number of benzene rings is 2. The molecule has 1 unspecified atom stereocenters. The van der Waals surface area contributed by atoms with Crippen molar-refractivity contribution < 1.29 is 4.74 Å². The Morgan fingerprint density at radius 2 is 1.76 bits per heavy atom. The molecule has 2 aromatic carbocycles. The van der Waals surface area contributed by atoms with Gasteiger partial charge in [0, 0.05) is 0 Å². The van der Waals surface area contributed by atoms with Crippen LogP contribution in [-0.4, -0.2) is 0 Å². The molecule has 0 aliphatic rings. The number of para-hydroxylation sites is 1. The Balaban J connectivity index is 2.08. The van der Waals surface area contributed by atoms with Gasteiger partial charge < -0.3 is 4.74 Å². The Hall–Kier alpha value is -2.02. The molecule has 0 aliphatic carbocycles. The van der Waals surface area contributed by atoms with Crippen molar-refractivity contribution in [1.82, 2.24) is 0 Å². The Labute approximate surface area is 128 Å². The van der Waals surface area contributed by atoms with Crippen LogP contribution in [0.25, 0.3) is 0 Å². The van der Waals surface area contributed by atoms with E-state index in [9.17, 15) is 0 Å². The molecular weight excluding hydrogens is 256 g/mol.